The van der Waals surface area contributed by atoms with Crippen LogP contribution in [0.1, 0.15) is 39.0 Å². The van der Waals surface area contributed by atoms with E-state index in [-0.39, 0.29) is 0 Å². The van der Waals surface area contributed by atoms with Gasteiger partial charge in [0.15, 0.2) is 0 Å². The molecule has 0 saturated heterocycles. The van der Waals surface area contributed by atoms with Crippen molar-refractivity contribution in [3.8, 4) is 0 Å². The van der Waals surface area contributed by atoms with Crippen LogP contribution in [0.3, 0.4) is 0 Å². The Balaban J connectivity index is 3.31. The first-order valence-corrected chi connectivity index (χ1v) is 6.07. The smallest absolute Gasteiger partial charge is 0.263 e. The van der Waals surface area contributed by atoms with Crippen LogP contribution in [-0.4, -0.2) is 6.21 Å². The number of hydrogen-bond donors (Lipinski definition) is 2. The first-order chi connectivity index (χ1) is 5.56. The summed E-state index contributed by atoms with van der Waals surface area (Å²) in [5.41, 5.74) is 10.0. The zero-order valence-electron chi connectivity index (χ0n) is 7.57. The van der Waals surface area contributed by atoms with E-state index in [2.05, 4.69) is 11.7 Å². The van der Waals surface area contributed by atoms with Crippen LogP contribution in [-0.2, 0) is 4.57 Å². The van der Waals surface area contributed by atoms with Gasteiger partial charge in [-0.15, -0.1) is 0 Å². The number of unbranched alkanes of at least 4 members (excludes halogenated alkanes) is 4. The SMILES string of the molecule is CCCCCCC=NP(N)(N)=O. The minimum absolute atomic E-state index is 0.818. The second-order valence-electron chi connectivity index (χ2n) is 2.82. The monoisotopic (exact) mass is 191 g/mol. The zero-order valence-corrected chi connectivity index (χ0v) is 8.46. The van der Waals surface area contributed by atoms with Crippen molar-refractivity contribution >= 4 is 13.8 Å². The molecule has 4 N–H and O–H groups in total. The minimum atomic E-state index is -3.15. The molecule has 0 aromatic rings. The minimum Gasteiger partial charge on any atom is -0.263 e. The lowest BCUT2D eigenvalue weighted by Crippen LogP contribution is -2.01. The van der Waals surface area contributed by atoms with Gasteiger partial charge in [0.25, 0.3) is 0 Å². The molecule has 0 aliphatic carbocycles. The first kappa shape index (κ1) is 11.8. The Morgan fingerprint density at radius 2 is 2.00 bits per heavy atom. The molecule has 0 radical (unpaired) electrons. The Morgan fingerprint density at radius 1 is 1.33 bits per heavy atom. The van der Waals surface area contributed by atoms with Crippen LogP contribution >= 0.6 is 7.59 Å². The van der Waals surface area contributed by atoms with Crippen molar-refractivity contribution < 1.29 is 4.57 Å². The largest absolute Gasteiger partial charge is 0.318 e. The zero-order chi connectivity index (χ0) is 9.45. The molecule has 0 aliphatic rings. The topological polar surface area (TPSA) is 81.5 Å². The Labute approximate surface area is 74.0 Å². The van der Waals surface area contributed by atoms with Gasteiger partial charge in [0.2, 0.25) is 0 Å². The molecule has 0 rings (SSSR count). The molecule has 0 fully saturated rings. The van der Waals surface area contributed by atoms with Gasteiger partial charge in [-0.3, -0.25) is 15.6 Å². The van der Waals surface area contributed by atoms with Crippen molar-refractivity contribution in [1.82, 2.24) is 0 Å². The van der Waals surface area contributed by atoms with E-state index in [0.717, 1.165) is 12.8 Å². The van der Waals surface area contributed by atoms with Gasteiger partial charge in [-0.2, -0.15) is 0 Å². The molecule has 0 aromatic heterocycles. The van der Waals surface area contributed by atoms with Crippen molar-refractivity contribution in [2.75, 3.05) is 0 Å². The van der Waals surface area contributed by atoms with Crippen LogP contribution in [0.2, 0.25) is 0 Å². The molecule has 0 heterocycles. The summed E-state index contributed by atoms with van der Waals surface area (Å²) >= 11 is 0. The van der Waals surface area contributed by atoms with Gasteiger partial charge in [0.1, 0.15) is 0 Å². The number of rotatable bonds is 6. The van der Waals surface area contributed by atoms with E-state index in [1.54, 1.807) is 6.21 Å². The van der Waals surface area contributed by atoms with E-state index >= 15 is 0 Å². The van der Waals surface area contributed by atoms with Crippen molar-refractivity contribution in [3.05, 3.63) is 0 Å². The molecule has 12 heavy (non-hydrogen) atoms. The highest BCUT2D eigenvalue weighted by molar-refractivity contribution is 7.57. The fraction of sp³-hybridized carbons (Fsp3) is 0.857. The van der Waals surface area contributed by atoms with Gasteiger partial charge in [-0.25, -0.2) is 4.76 Å². The highest BCUT2D eigenvalue weighted by atomic mass is 31.2. The van der Waals surface area contributed by atoms with Crippen molar-refractivity contribution in [2.45, 2.75) is 39.0 Å². The molecule has 5 heteroatoms. The summed E-state index contributed by atoms with van der Waals surface area (Å²) in [4.78, 5) is 0. The molecule has 0 unspecified atom stereocenters. The summed E-state index contributed by atoms with van der Waals surface area (Å²) in [7, 11) is -3.15. The van der Waals surface area contributed by atoms with Crippen molar-refractivity contribution in [1.29, 1.82) is 0 Å². The average Bonchev–Trinajstić information content (AvgIpc) is 1.94. The predicted molar refractivity (Wildman–Crippen MR) is 53.2 cm³/mol. The normalized spacial score (nSPS) is 12.6. The molecule has 0 bridgehead atoms. The van der Waals surface area contributed by atoms with Crippen molar-refractivity contribution in [3.63, 3.8) is 0 Å². The first-order valence-electron chi connectivity index (χ1n) is 4.27. The van der Waals surface area contributed by atoms with Gasteiger partial charge in [-0.1, -0.05) is 26.2 Å². The van der Waals surface area contributed by atoms with Gasteiger partial charge < -0.3 is 0 Å². The Hall–Kier alpha value is -0.180. The van der Waals surface area contributed by atoms with Gasteiger partial charge in [-0.05, 0) is 12.8 Å². The van der Waals surface area contributed by atoms with E-state index in [4.69, 9.17) is 11.0 Å². The molecule has 0 saturated carbocycles. The Morgan fingerprint density at radius 3 is 2.50 bits per heavy atom. The van der Waals surface area contributed by atoms with Gasteiger partial charge >= 0.3 is 7.59 Å². The summed E-state index contributed by atoms with van der Waals surface area (Å²) in [6.07, 6.45) is 7.08. The maximum atomic E-state index is 10.7. The van der Waals surface area contributed by atoms with Crippen LogP contribution in [0.15, 0.2) is 4.76 Å². The highest BCUT2D eigenvalue weighted by Crippen LogP contribution is 2.25. The molecule has 72 valence electrons. The summed E-state index contributed by atoms with van der Waals surface area (Å²) in [6, 6.07) is 0. The lowest BCUT2D eigenvalue weighted by atomic mass is 10.2. The number of nitrogens with zero attached hydrogens (tertiary/aromatic N) is 1. The fourth-order valence-electron chi connectivity index (χ4n) is 0.848. The van der Waals surface area contributed by atoms with Crippen LogP contribution in [0.4, 0.5) is 0 Å². The maximum absolute atomic E-state index is 10.7. The van der Waals surface area contributed by atoms with E-state index < -0.39 is 7.59 Å². The molecule has 0 amide bonds. The lowest BCUT2D eigenvalue weighted by molar-refractivity contribution is 0.578. The predicted octanol–water partition coefficient (Wildman–Crippen LogP) is 2.05. The van der Waals surface area contributed by atoms with Crippen LogP contribution in [0.5, 0.6) is 0 Å². The van der Waals surface area contributed by atoms with Crippen molar-refractivity contribution in [2.24, 2.45) is 15.8 Å². The third kappa shape index (κ3) is 9.82. The maximum Gasteiger partial charge on any atom is 0.318 e. The Kier molecular flexibility index (Phi) is 6.25. The van der Waals surface area contributed by atoms with Crippen LogP contribution in [0.25, 0.3) is 0 Å². The molecule has 0 aromatic carbocycles. The third-order valence-corrected chi connectivity index (χ3v) is 1.97. The quantitative estimate of drug-likeness (QED) is 0.383. The second-order valence-corrected chi connectivity index (χ2v) is 4.40. The summed E-state index contributed by atoms with van der Waals surface area (Å²) < 4.78 is 14.2. The van der Waals surface area contributed by atoms with Gasteiger partial charge in [0, 0.05) is 6.21 Å². The van der Waals surface area contributed by atoms with E-state index in [1.807, 2.05) is 0 Å². The summed E-state index contributed by atoms with van der Waals surface area (Å²) in [5, 5.41) is 0. The third-order valence-electron chi connectivity index (χ3n) is 1.45. The number of nitrogens with two attached hydrogens (primary N) is 2. The molecule has 0 spiro atoms. The van der Waals surface area contributed by atoms with Crippen LogP contribution in [0, 0.1) is 0 Å². The molecular weight excluding hydrogens is 173 g/mol. The Bertz CT molecular complexity index is 175. The van der Waals surface area contributed by atoms with Gasteiger partial charge in [0.05, 0.1) is 0 Å². The molecule has 0 atom stereocenters. The average molecular weight is 191 g/mol. The van der Waals surface area contributed by atoms with E-state index in [0.29, 0.717) is 0 Å². The number of hydrogen-bond acceptors (Lipinski definition) is 1. The van der Waals surface area contributed by atoms with E-state index in [1.165, 1.54) is 19.3 Å². The molecule has 4 nitrogen and oxygen atoms in total. The molecule has 0 aliphatic heterocycles. The summed E-state index contributed by atoms with van der Waals surface area (Å²) in [5.74, 6) is 0. The standard InChI is InChI=1S/C7H18N3OP/c1-2-3-4-5-6-7-10-12(8,9)11/h7H,2-6H2,1H3,(H4,8,9,11). The highest BCUT2D eigenvalue weighted by Gasteiger charge is 2.00. The van der Waals surface area contributed by atoms with Crippen LogP contribution < -0.4 is 11.0 Å². The second kappa shape index (κ2) is 6.35. The fourth-order valence-corrected chi connectivity index (χ4v) is 1.22. The summed E-state index contributed by atoms with van der Waals surface area (Å²) in [6.45, 7) is 2.15. The van der Waals surface area contributed by atoms with E-state index in [9.17, 15) is 4.57 Å². The lowest BCUT2D eigenvalue weighted by Gasteiger charge is -1.97. The molecular formula is C7H18N3OP.